The summed E-state index contributed by atoms with van der Waals surface area (Å²) in [6, 6.07) is 14.9. The molecule has 2 atom stereocenters. The second-order valence-electron chi connectivity index (χ2n) is 5.59. The van der Waals surface area contributed by atoms with Crippen LogP contribution in [0.1, 0.15) is 24.3 Å². The number of carbonyl (C=O) groups excluding carboxylic acids is 1. The van der Waals surface area contributed by atoms with Crippen LogP contribution in [0, 0.1) is 5.92 Å². The highest BCUT2D eigenvalue weighted by Gasteiger charge is 2.38. The Balaban J connectivity index is 1.99. The van der Waals surface area contributed by atoms with Gasteiger partial charge in [-0.2, -0.15) is 0 Å². The predicted molar refractivity (Wildman–Crippen MR) is 78.1 cm³/mol. The molecule has 1 aliphatic rings. The lowest BCUT2D eigenvalue weighted by Crippen LogP contribution is -2.38. The first-order chi connectivity index (χ1) is 9.18. The first-order valence-electron chi connectivity index (χ1n) is 6.87. The molecule has 2 nitrogen and oxygen atoms in total. The molecule has 1 saturated carbocycles. The van der Waals surface area contributed by atoms with Crippen molar-refractivity contribution >= 4 is 16.7 Å². The smallest absolute Gasteiger partial charge is 0.225 e. The molecule has 0 bridgehead atoms. The van der Waals surface area contributed by atoms with Crippen molar-refractivity contribution in [1.82, 2.24) is 4.90 Å². The highest BCUT2D eigenvalue weighted by molar-refractivity contribution is 5.88. The summed E-state index contributed by atoms with van der Waals surface area (Å²) >= 11 is 0. The largest absolute Gasteiger partial charge is 0.349 e. The highest BCUT2D eigenvalue weighted by Crippen LogP contribution is 2.45. The van der Waals surface area contributed by atoms with Crippen LogP contribution < -0.4 is 0 Å². The van der Waals surface area contributed by atoms with Gasteiger partial charge in [-0.3, -0.25) is 4.79 Å². The normalized spacial score (nSPS) is 22.0. The van der Waals surface area contributed by atoms with Crippen LogP contribution in [0.4, 0.5) is 0 Å². The van der Waals surface area contributed by atoms with Crippen molar-refractivity contribution < 1.29 is 4.79 Å². The van der Waals surface area contributed by atoms with Crippen molar-refractivity contribution in [3.8, 4) is 0 Å². The molecule has 19 heavy (non-hydrogen) atoms. The first kappa shape index (κ1) is 12.2. The van der Waals surface area contributed by atoms with Gasteiger partial charge < -0.3 is 4.90 Å². The summed E-state index contributed by atoms with van der Waals surface area (Å²) in [6.45, 7) is 0. The first-order valence-corrected chi connectivity index (χ1v) is 6.87. The predicted octanol–water partition coefficient (Wildman–Crippen LogP) is 3.42. The van der Waals surface area contributed by atoms with Gasteiger partial charge in [0, 0.05) is 20.0 Å². The van der Waals surface area contributed by atoms with E-state index in [9.17, 15) is 4.79 Å². The van der Waals surface area contributed by atoms with E-state index in [2.05, 4.69) is 42.5 Å². The molecule has 0 spiro atoms. The molecule has 0 N–H and O–H groups in total. The second-order valence-corrected chi connectivity index (χ2v) is 5.59. The maximum atomic E-state index is 12.2. The fourth-order valence-electron chi connectivity index (χ4n) is 3.07. The van der Waals surface area contributed by atoms with Gasteiger partial charge in [-0.15, -0.1) is 0 Å². The third-order valence-electron chi connectivity index (χ3n) is 4.26. The molecule has 1 fully saturated rings. The minimum absolute atomic E-state index is 0.167. The van der Waals surface area contributed by atoms with Crippen molar-refractivity contribution in [2.24, 2.45) is 5.92 Å². The summed E-state index contributed by atoms with van der Waals surface area (Å²) in [5.74, 6) is 0.825. The summed E-state index contributed by atoms with van der Waals surface area (Å²) in [4.78, 5) is 13.9. The lowest BCUT2D eigenvalue weighted by atomic mass is 9.68. The molecule has 98 valence electrons. The molecular formula is C17H19NO. The number of fused-ring (bicyclic) bond motifs is 1. The van der Waals surface area contributed by atoms with Crippen LogP contribution in [0.15, 0.2) is 42.5 Å². The number of hydrogen-bond donors (Lipinski definition) is 0. The van der Waals surface area contributed by atoms with E-state index in [1.807, 2.05) is 14.1 Å². The maximum absolute atomic E-state index is 12.2. The van der Waals surface area contributed by atoms with Crippen LogP contribution in [0.25, 0.3) is 10.8 Å². The molecule has 0 radical (unpaired) electrons. The summed E-state index contributed by atoms with van der Waals surface area (Å²) in [6.07, 6.45) is 2.14. The summed E-state index contributed by atoms with van der Waals surface area (Å²) in [7, 11) is 3.70. The monoisotopic (exact) mass is 253 g/mol. The Bertz CT molecular complexity index is 612. The van der Waals surface area contributed by atoms with Crippen LogP contribution in [-0.2, 0) is 4.79 Å². The van der Waals surface area contributed by atoms with E-state index in [0.717, 1.165) is 12.8 Å². The van der Waals surface area contributed by atoms with Gasteiger partial charge in [0.25, 0.3) is 0 Å². The molecule has 0 heterocycles. The van der Waals surface area contributed by atoms with E-state index in [4.69, 9.17) is 0 Å². The number of carbonyl (C=O) groups is 1. The van der Waals surface area contributed by atoms with Gasteiger partial charge in [0.05, 0.1) is 0 Å². The standard InChI is InChI=1S/C17H19NO/c1-18(2)17(19)16-11-10-15(16)14-9-5-7-12-6-3-4-8-13(12)14/h3-9,15-16H,10-11H2,1-2H3. The van der Waals surface area contributed by atoms with Crippen LogP contribution >= 0.6 is 0 Å². The lowest BCUT2D eigenvalue weighted by Gasteiger charge is -2.38. The Kier molecular flexibility index (Phi) is 3.02. The number of benzene rings is 2. The average Bonchev–Trinajstić information content (AvgIpc) is 2.38. The van der Waals surface area contributed by atoms with Gasteiger partial charge >= 0.3 is 0 Å². The van der Waals surface area contributed by atoms with Gasteiger partial charge in [-0.1, -0.05) is 42.5 Å². The zero-order chi connectivity index (χ0) is 13.4. The van der Waals surface area contributed by atoms with Crippen LogP contribution in [0.3, 0.4) is 0 Å². The van der Waals surface area contributed by atoms with Crippen molar-refractivity contribution in [1.29, 1.82) is 0 Å². The third-order valence-corrected chi connectivity index (χ3v) is 4.26. The second kappa shape index (κ2) is 4.69. The quantitative estimate of drug-likeness (QED) is 0.803. The van der Waals surface area contributed by atoms with Crippen LogP contribution in [0.2, 0.25) is 0 Å². The van der Waals surface area contributed by atoms with E-state index < -0.39 is 0 Å². The molecule has 0 aromatic heterocycles. The van der Waals surface area contributed by atoms with Crippen molar-refractivity contribution in [3.05, 3.63) is 48.0 Å². The highest BCUT2D eigenvalue weighted by atomic mass is 16.2. The summed E-state index contributed by atoms with van der Waals surface area (Å²) < 4.78 is 0. The Morgan fingerprint density at radius 2 is 1.79 bits per heavy atom. The molecule has 0 aliphatic heterocycles. The van der Waals surface area contributed by atoms with Crippen molar-refractivity contribution in [2.45, 2.75) is 18.8 Å². The minimum Gasteiger partial charge on any atom is -0.349 e. The lowest BCUT2D eigenvalue weighted by molar-refractivity contribution is -0.136. The molecule has 1 aliphatic carbocycles. The fraction of sp³-hybridized carbons (Fsp3) is 0.353. The Morgan fingerprint density at radius 1 is 1.05 bits per heavy atom. The summed E-state index contributed by atoms with van der Waals surface area (Å²) in [5.41, 5.74) is 1.34. The van der Waals surface area contributed by atoms with Gasteiger partial charge in [0.2, 0.25) is 5.91 Å². The van der Waals surface area contributed by atoms with Gasteiger partial charge in [-0.05, 0) is 35.1 Å². The van der Waals surface area contributed by atoms with E-state index >= 15 is 0 Å². The van der Waals surface area contributed by atoms with E-state index in [-0.39, 0.29) is 11.8 Å². The Hall–Kier alpha value is -1.83. The number of rotatable bonds is 2. The zero-order valence-electron chi connectivity index (χ0n) is 11.5. The van der Waals surface area contributed by atoms with Crippen LogP contribution in [0.5, 0.6) is 0 Å². The number of amides is 1. The SMILES string of the molecule is CN(C)C(=O)C1CCC1c1cccc2ccccc12. The molecule has 3 rings (SSSR count). The Morgan fingerprint density at radius 3 is 2.47 bits per heavy atom. The molecule has 2 aromatic rings. The minimum atomic E-state index is 0.167. The number of hydrogen-bond acceptors (Lipinski definition) is 1. The van der Waals surface area contributed by atoms with Crippen LogP contribution in [-0.4, -0.2) is 24.9 Å². The zero-order valence-corrected chi connectivity index (χ0v) is 11.5. The van der Waals surface area contributed by atoms with Gasteiger partial charge in [0.1, 0.15) is 0 Å². The molecule has 2 unspecified atom stereocenters. The fourth-order valence-corrected chi connectivity index (χ4v) is 3.07. The van der Waals surface area contributed by atoms with E-state index in [1.165, 1.54) is 16.3 Å². The van der Waals surface area contributed by atoms with Crippen molar-refractivity contribution in [3.63, 3.8) is 0 Å². The van der Waals surface area contributed by atoms with E-state index in [0.29, 0.717) is 5.92 Å². The van der Waals surface area contributed by atoms with Gasteiger partial charge in [-0.25, -0.2) is 0 Å². The summed E-state index contributed by atoms with van der Waals surface area (Å²) in [5, 5.41) is 2.56. The molecule has 2 aromatic carbocycles. The molecule has 1 amide bonds. The molecule has 2 heteroatoms. The number of nitrogens with zero attached hydrogens (tertiary/aromatic N) is 1. The average molecular weight is 253 g/mol. The molecule has 0 saturated heterocycles. The Labute approximate surface area is 114 Å². The third kappa shape index (κ3) is 2.01. The maximum Gasteiger partial charge on any atom is 0.225 e. The van der Waals surface area contributed by atoms with E-state index in [1.54, 1.807) is 4.90 Å². The van der Waals surface area contributed by atoms with Gasteiger partial charge in [0.15, 0.2) is 0 Å². The topological polar surface area (TPSA) is 20.3 Å². The van der Waals surface area contributed by atoms with Crippen molar-refractivity contribution in [2.75, 3.05) is 14.1 Å². The molecular weight excluding hydrogens is 234 g/mol.